The SMILES string of the molecule is CNC(=O)C(N)C(O)Cc1ccccc1. The smallest absolute Gasteiger partial charge is 0.239 e. The number of hydrogen-bond acceptors (Lipinski definition) is 3. The molecule has 0 saturated heterocycles. The molecule has 0 aliphatic heterocycles. The van der Waals surface area contributed by atoms with Crippen molar-refractivity contribution in [2.24, 2.45) is 5.73 Å². The Kier molecular flexibility index (Phi) is 4.27. The second-order valence-electron chi connectivity index (χ2n) is 3.40. The summed E-state index contributed by atoms with van der Waals surface area (Å²) >= 11 is 0. The summed E-state index contributed by atoms with van der Waals surface area (Å²) in [5.74, 6) is -0.349. The minimum absolute atomic E-state index is 0.349. The van der Waals surface area contributed by atoms with Gasteiger partial charge in [-0.25, -0.2) is 0 Å². The van der Waals surface area contributed by atoms with Crippen molar-refractivity contribution >= 4 is 5.91 Å². The number of hydrogen-bond donors (Lipinski definition) is 3. The Bertz CT molecular complexity index is 314. The molecule has 0 aliphatic carbocycles. The molecule has 0 radical (unpaired) electrons. The summed E-state index contributed by atoms with van der Waals surface area (Å²) in [5.41, 5.74) is 6.52. The van der Waals surface area contributed by atoms with E-state index in [-0.39, 0.29) is 5.91 Å². The lowest BCUT2D eigenvalue weighted by atomic mass is 10.0. The van der Waals surface area contributed by atoms with Crippen molar-refractivity contribution in [3.63, 3.8) is 0 Å². The molecular formula is C11H16N2O2. The van der Waals surface area contributed by atoms with E-state index >= 15 is 0 Å². The third kappa shape index (κ3) is 3.34. The van der Waals surface area contributed by atoms with Crippen molar-refractivity contribution < 1.29 is 9.90 Å². The molecule has 2 unspecified atom stereocenters. The summed E-state index contributed by atoms with van der Waals surface area (Å²) in [7, 11) is 1.50. The van der Waals surface area contributed by atoms with Crippen LogP contribution in [0.5, 0.6) is 0 Å². The van der Waals surface area contributed by atoms with Crippen molar-refractivity contribution in [3.05, 3.63) is 35.9 Å². The van der Waals surface area contributed by atoms with Gasteiger partial charge in [0, 0.05) is 13.5 Å². The summed E-state index contributed by atoms with van der Waals surface area (Å²) < 4.78 is 0. The number of rotatable bonds is 4. The maximum atomic E-state index is 11.1. The average molecular weight is 208 g/mol. The third-order valence-corrected chi connectivity index (χ3v) is 2.25. The lowest BCUT2D eigenvalue weighted by Gasteiger charge is -2.17. The zero-order valence-corrected chi connectivity index (χ0v) is 8.68. The highest BCUT2D eigenvalue weighted by atomic mass is 16.3. The van der Waals surface area contributed by atoms with Crippen LogP contribution in [0.15, 0.2) is 30.3 Å². The molecule has 0 heterocycles. The molecule has 4 heteroatoms. The third-order valence-electron chi connectivity index (χ3n) is 2.25. The first-order valence-corrected chi connectivity index (χ1v) is 4.84. The van der Waals surface area contributed by atoms with Crippen molar-refractivity contribution in [3.8, 4) is 0 Å². The van der Waals surface area contributed by atoms with Crippen LogP contribution in [0.1, 0.15) is 5.56 Å². The second-order valence-corrected chi connectivity index (χ2v) is 3.40. The van der Waals surface area contributed by atoms with Gasteiger partial charge in [-0.1, -0.05) is 30.3 Å². The normalized spacial score (nSPS) is 14.3. The van der Waals surface area contributed by atoms with Crippen molar-refractivity contribution in [1.29, 1.82) is 0 Å². The molecule has 4 nitrogen and oxygen atoms in total. The van der Waals surface area contributed by atoms with Crippen LogP contribution < -0.4 is 11.1 Å². The van der Waals surface area contributed by atoms with Gasteiger partial charge in [-0.2, -0.15) is 0 Å². The molecule has 1 aromatic rings. The predicted molar refractivity (Wildman–Crippen MR) is 58.2 cm³/mol. The number of aliphatic hydroxyl groups is 1. The van der Waals surface area contributed by atoms with E-state index < -0.39 is 12.1 Å². The first-order chi connectivity index (χ1) is 7.15. The highest BCUT2D eigenvalue weighted by Crippen LogP contribution is 2.04. The Morgan fingerprint density at radius 1 is 1.47 bits per heavy atom. The molecule has 15 heavy (non-hydrogen) atoms. The van der Waals surface area contributed by atoms with Gasteiger partial charge in [-0.05, 0) is 5.56 Å². The molecule has 0 spiro atoms. The molecule has 0 bridgehead atoms. The molecule has 1 rings (SSSR count). The molecule has 82 valence electrons. The summed E-state index contributed by atoms with van der Waals surface area (Å²) in [5, 5.41) is 12.1. The number of nitrogens with one attached hydrogen (secondary N) is 1. The van der Waals surface area contributed by atoms with E-state index in [4.69, 9.17) is 5.73 Å². The van der Waals surface area contributed by atoms with E-state index in [0.29, 0.717) is 6.42 Å². The highest BCUT2D eigenvalue weighted by molar-refractivity contribution is 5.81. The number of carbonyl (C=O) groups excluding carboxylic acids is 1. The van der Waals surface area contributed by atoms with Gasteiger partial charge in [-0.3, -0.25) is 4.79 Å². The Morgan fingerprint density at radius 2 is 2.07 bits per heavy atom. The van der Waals surface area contributed by atoms with Gasteiger partial charge >= 0.3 is 0 Å². The topological polar surface area (TPSA) is 75.4 Å². The number of nitrogens with two attached hydrogens (primary N) is 1. The van der Waals surface area contributed by atoms with Gasteiger partial charge in [0.2, 0.25) is 5.91 Å². The molecule has 0 saturated carbocycles. The van der Waals surface area contributed by atoms with Crippen LogP contribution in [0.3, 0.4) is 0 Å². The fraction of sp³-hybridized carbons (Fsp3) is 0.364. The zero-order valence-electron chi connectivity index (χ0n) is 8.68. The van der Waals surface area contributed by atoms with Gasteiger partial charge in [0.05, 0.1) is 6.10 Å². The molecule has 2 atom stereocenters. The monoisotopic (exact) mass is 208 g/mol. The fourth-order valence-corrected chi connectivity index (χ4v) is 1.32. The van der Waals surface area contributed by atoms with Gasteiger partial charge in [-0.15, -0.1) is 0 Å². The maximum Gasteiger partial charge on any atom is 0.239 e. The van der Waals surface area contributed by atoms with Crippen LogP contribution in [0, 0.1) is 0 Å². The Hall–Kier alpha value is -1.39. The molecule has 0 fully saturated rings. The molecule has 4 N–H and O–H groups in total. The summed E-state index contributed by atoms with van der Waals surface area (Å²) in [6, 6.07) is 8.56. The van der Waals surface area contributed by atoms with Gasteiger partial charge in [0.25, 0.3) is 0 Å². The lowest BCUT2D eigenvalue weighted by Crippen LogP contribution is -2.48. The minimum atomic E-state index is -0.879. The van der Waals surface area contributed by atoms with Crippen LogP contribution >= 0.6 is 0 Å². The van der Waals surface area contributed by atoms with Crippen LogP contribution in [0.4, 0.5) is 0 Å². The minimum Gasteiger partial charge on any atom is -0.391 e. The van der Waals surface area contributed by atoms with E-state index in [9.17, 15) is 9.90 Å². The van der Waals surface area contributed by atoms with E-state index in [1.165, 1.54) is 7.05 Å². The van der Waals surface area contributed by atoms with Gasteiger partial charge < -0.3 is 16.2 Å². The average Bonchev–Trinajstić information content (AvgIpc) is 2.28. The molecule has 1 amide bonds. The number of aliphatic hydroxyl groups excluding tert-OH is 1. The van der Waals surface area contributed by atoms with Crippen molar-refractivity contribution in [2.75, 3.05) is 7.05 Å². The summed E-state index contributed by atoms with van der Waals surface area (Å²) in [4.78, 5) is 11.1. The maximum absolute atomic E-state index is 11.1. The van der Waals surface area contributed by atoms with Gasteiger partial charge in [0.15, 0.2) is 0 Å². The Balaban J connectivity index is 2.56. The van der Waals surface area contributed by atoms with Crippen molar-refractivity contribution in [2.45, 2.75) is 18.6 Å². The molecule has 1 aromatic carbocycles. The standard InChI is InChI=1S/C11H16N2O2/c1-13-11(15)10(12)9(14)7-8-5-3-2-4-6-8/h2-6,9-10,14H,7,12H2,1H3,(H,13,15). The van der Waals surface area contributed by atoms with E-state index in [1.807, 2.05) is 30.3 Å². The number of carbonyl (C=O) groups is 1. The van der Waals surface area contributed by atoms with E-state index in [1.54, 1.807) is 0 Å². The van der Waals surface area contributed by atoms with Crippen LogP contribution in [0.2, 0.25) is 0 Å². The zero-order chi connectivity index (χ0) is 11.3. The van der Waals surface area contributed by atoms with Crippen LogP contribution in [0.25, 0.3) is 0 Å². The highest BCUT2D eigenvalue weighted by Gasteiger charge is 2.21. The summed E-state index contributed by atoms with van der Waals surface area (Å²) in [6.07, 6.45) is -0.470. The van der Waals surface area contributed by atoms with E-state index in [2.05, 4.69) is 5.32 Å². The number of likely N-dealkylation sites (N-methyl/N-ethyl adjacent to an activating group) is 1. The summed E-state index contributed by atoms with van der Waals surface area (Å²) in [6.45, 7) is 0. The lowest BCUT2D eigenvalue weighted by molar-refractivity contribution is -0.124. The van der Waals surface area contributed by atoms with E-state index in [0.717, 1.165) is 5.56 Å². The quantitative estimate of drug-likeness (QED) is 0.634. The second kappa shape index (κ2) is 5.48. The fourth-order valence-electron chi connectivity index (χ4n) is 1.32. The van der Waals surface area contributed by atoms with Crippen LogP contribution in [-0.2, 0) is 11.2 Å². The van der Waals surface area contributed by atoms with Gasteiger partial charge in [0.1, 0.15) is 6.04 Å². The first-order valence-electron chi connectivity index (χ1n) is 4.84. The largest absolute Gasteiger partial charge is 0.391 e. The molecule has 0 aromatic heterocycles. The number of amides is 1. The molecular weight excluding hydrogens is 192 g/mol. The number of benzene rings is 1. The Labute approximate surface area is 89.1 Å². The predicted octanol–water partition coefficient (Wildman–Crippen LogP) is -0.337. The van der Waals surface area contributed by atoms with Crippen LogP contribution in [-0.4, -0.2) is 30.2 Å². The van der Waals surface area contributed by atoms with Crippen molar-refractivity contribution in [1.82, 2.24) is 5.32 Å². The molecule has 0 aliphatic rings. The Morgan fingerprint density at radius 3 is 2.60 bits per heavy atom. The first kappa shape index (κ1) is 11.7.